The van der Waals surface area contributed by atoms with Crippen LogP contribution in [0.1, 0.15) is 36.2 Å². The Labute approximate surface area is 119 Å². The minimum Gasteiger partial charge on any atom is -0.385 e. The molecule has 1 atom stereocenters. The lowest BCUT2D eigenvalue weighted by Gasteiger charge is -2.19. The molecule has 104 valence electrons. The summed E-state index contributed by atoms with van der Waals surface area (Å²) in [6, 6.07) is 6.17. The molecule has 1 unspecified atom stereocenters. The van der Waals surface area contributed by atoms with Gasteiger partial charge in [-0.3, -0.25) is 4.79 Å². The molecule has 3 nitrogen and oxygen atoms in total. The Balaban J connectivity index is 1.99. The molecule has 0 fully saturated rings. The van der Waals surface area contributed by atoms with Crippen molar-refractivity contribution >= 4 is 23.4 Å². The highest BCUT2D eigenvalue weighted by molar-refractivity contribution is 7.99. The minimum atomic E-state index is 0.0394. The molecule has 0 bridgehead atoms. The molecule has 1 aromatic carbocycles. The molecule has 0 saturated heterocycles. The Morgan fingerprint density at radius 2 is 2.37 bits per heavy atom. The topological polar surface area (TPSA) is 41.1 Å². The molecule has 1 heterocycles. The highest BCUT2D eigenvalue weighted by Gasteiger charge is 2.13. The summed E-state index contributed by atoms with van der Waals surface area (Å²) in [5, 5.41) is 6.42. The van der Waals surface area contributed by atoms with Gasteiger partial charge >= 0.3 is 0 Å². The van der Waals surface area contributed by atoms with E-state index in [0.717, 1.165) is 36.5 Å². The molecule has 0 radical (unpaired) electrons. The number of rotatable bonds is 5. The van der Waals surface area contributed by atoms with Gasteiger partial charge in [0.1, 0.15) is 0 Å². The van der Waals surface area contributed by atoms with Crippen LogP contribution in [0.2, 0.25) is 0 Å². The fraction of sp³-hybridized carbons (Fsp3) is 0.533. The zero-order valence-electron chi connectivity index (χ0n) is 11.7. The lowest BCUT2D eigenvalue weighted by atomic mass is 10.0. The van der Waals surface area contributed by atoms with Crippen molar-refractivity contribution in [3.05, 3.63) is 29.3 Å². The number of carbonyl (C=O) groups is 1. The Morgan fingerprint density at radius 1 is 1.53 bits per heavy atom. The van der Waals surface area contributed by atoms with E-state index < -0.39 is 0 Å². The van der Waals surface area contributed by atoms with Crippen molar-refractivity contribution in [1.29, 1.82) is 0 Å². The van der Waals surface area contributed by atoms with Gasteiger partial charge < -0.3 is 10.6 Å². The molecule has 0 saturated carbocycles. The van der Waals surface area contributed by atoms with Gasteiger partial charge in [-0.1, -0.05) is 6.92 Å². The van der Waals surface area contributed by atoms with Crippen molar-refractivity contribution in [2.75, 3.05) is 23.4 Å². The van der Waals surface area contributed by atoms with Gasteiger partial charge in [-0.2, -0.15) is 11.8 Å². The van der Waals surface area contributed by atoms with Gasteiger partial charge in [-0.15, -0.1) is 0 Å². The number of thioether (sulfide) groups is 1. The van der Waals surface area contributed by atoms with Gasteiger partial charge in [0, 0.05) is 29.6 Å². The lowest BCUT2D eigenvalue weighted by molar-refractivity contribution is 0.0943. The predicted octanol–water partition coefficient (Wildman–Crippen LogP) is 2.92. The number of amides is 1. The molecule has 0 spiro atoms. The Bertz CT molecular complexity index is 448. The van der Waals surface area contributed by atoms with E-state index in [4.69, 9.17) is 0 Å². The Kier molecular flexibility index (Phi) is 5.14. The summed E-state index contributed by atoms with van der Waals surface area (Å²) in [6.45, 7) is 5.22. The number of hydrogen-bond donors (Lipinski definition) is 2. The van der Waals surface area contributed by atoms with Crippen molar-refractivity contribution in [2.45, 2.75) is 32.7 Å². The van der Waals surface area contributed by atoms with Gasteiger partial charge in [-0.25, -0.2) is 0 Å². The number of aryl methyl sites for hydroxylation is 1. The van der Waals surface area contributed by atoms with Gasteiger partial charge in [0.05, 0.1) is 0 Å². The van der Waals surface area contributed by atoms with E-state index in [-0.39, 0.29) is 11.9 Å². The van der Waals surface area contributed by atoms with E-state index in [9.17, 15) is 4.79 Å². The van der Waals surface area contributed by atoms with Crippen molar-refractivity contribution in [3.8, 4) is 0 Å². The average Bonchev–Trinajstić information content (AvgIpc) is 2.44. The van der Waals surface area contributed by atoms with Gasteiger partial charge in [0.15, 0.2) is 0 Å². The molecule has 4 heteroatoms. The number of benzene rings is 1. The molecule has 2 N–H and O–H groups in total. The third-order valence-electron chi connectivity index (χ3n) is 3.26. The van der Waals surface area contributed by atoms with Crippen LogP contribution in [0.5, 0.6) is 0 Å². The highest BCUT2D eigenvalue weighted by atomic mass is 32.2. The van der Waals surface area contributed by atoms with Crippen LogP contribution in [-0.4, -0.2) is 30.0 Å². The van der Waals surface area contributed by atoms with E-state index >= 15 is 0 Å². The summed E-state index contributed by atoms with van der Waals surface area (Å²) in [5.74, 6) is 2.09. The first-order valence-electron chi connectivity index (χ1n) is 6.96. The molecule has 0 aromatic heterocycles. The number of hydrogen-bond acceptors (Lipinski definition) is 3. The number of nitrogens with one attached hydrogen (secondary N) is 2. The van der Waals surface area contributed by atoms with Crippen LogP contribution >= 0.6 is 11.8 Å². The van der Waals surface area contributed by atoms with Crippen LogP contribution in [0.4, 0.5) is 5.69 Å². The normalized spacial score (nSPS) is 15.3. The van der Waals surface area contributed by atoms with Crippen LogP contribution in [0.3, 0.4) is 0 Å². The third kappa shape index (κ3) is 3.90. The zero-order valence-corrected chi connectivity index (χ0v) is 12.5. The van der Waals surface area contributed by atoms with Gasteiger partial charge in [0.25, 0.3) is 5.91 Å². The predicted molar refractivity (Wildman–Crippen MR) is 83.2 cm³/mol. The molecule has 2 rings (SSSR count). The molecule has 0 aliphatic carbocycles. The van der Waals surface area contributed by atoms with Gasteiger partial charge in [0.2, 0.25) is 0 Å². The first-order valence-corrected chi connectivity index (χ1v) is 8.11. The zero-order chi connectivity index (χ0) is 13.7. The van der Waals surface area contributed by atoms with Crippen molar-refractivity contribution in [1.82, 2.24) is 5.32 Å². The van der Waals surface area contributed by atoms with Crippen LogP contribution in [-0.2, 0) is 6.42 Å². The molecular formula is C15H22N2OS. The summed E-state index contributed by atoms with van der Waals surface area (Å²) in [5.41, 5.74) is 3.21. The quantitative estimate of drug-likeness (QED) is 0.870. The summed E-state index contributed by atoms with van der Waals surface area (Å²) in [7, 11) is 0. The van der Waals surface area contributed by atoms with E-state index in [0.29, 0.717) is 0 Å². The second-order valence-corrected chi connectivity index (χ2v) is 6.26. The molecule has 19 heavy (non-hydrogen) atoms. The summed E-state index contributed by atoms with van der Waals surface area (Å²) in [4.78, 5) is 12.2. The first-order chi connectivity index (χ1) is 9.20. The molecule has 1 amide bonds. The second-order valence-electron chi connectivity index (χ2n) is 4.94. The average molecular weight is 278 g/mol. The fourth-order valence-corrected chi connectivity index (χ4v) is 2.93. The molecule has 1 aliphatic heterocycles. The summed E-state index contributed by atoms with van der Waals surface area (Å²) >= 11 is 1.85. The van der Waals surface area contributed by atoms with E-state index in [2.05, 4.69) is 24.5 Å². The smallest absolute Gasteiger partial charge is 0.251 e. The van der Waals surface area contributed by atoms with E-state index in [1.807, 2.05) is 30.0 Å². The van der Waals surface area contributed by atoms with Crippen molar-refractivity contribution < 1.29 is 4.79 Å². The van der Waals surface area contributed by atoms with Gasteiger partial charge in [-0.05, 0) is 49.3 Å². The van der Waals surface area contributed by atoms with Crippen LogP contribution in [0, 0.1) is 0 Å². The number of fused-ring (bicyclic) bond motifs is 1. The van der Waals surface area contributed by atoms with Crippen molar-refractivity contribution in [3.63, 3.8) is 0 Å². The van der Waals surface area contributed by atoms with Crippen LogP contribution in [0.15, 0.2) is 18.2 Å². The minimum absolute atomic E-state index is 0.0394. The fourth-order valence-electron chi connectivity index (χ4n) is 2.26. The molecule has 1 aromatic rings. The van der Waals surface area contributed by atoms with Crippen LogP contribution in [0.25, 0.3) is 0 Å². The highest BCUT2D eigenvalue weighted by Crippen LogP contribution is 2.22. The monoisotopic (exact) mass is 278 g/mol. The Hall–Kier alpha value is -1.16. The largest absolute Gasteiger partial charge is 0.385 e. The second kappa shape index (κ2) is 6.85. The number of anilines is 1. The third-order valence-corrected chi connectivity index (χ3v) is 4.40. The summed E-state index contributed by atoms with van der Waals surface area (Å²) in [6.07, 6.45) is 2.20. The maximum atomic E-state index is 12.2. The standard InChI is InChI=1S/C15H22N2OS/c1-3-19-10-11(2)17-15(18)13-6-7-14-12(9-13)5-4-8-16-14/h6-7,9,11,16H,3-5,8,10H2,1-2H3,(H,17,18). The van der Waals surface area contributed by atoms with E-state index in [1.165, 1.54) is 11.3 Å². The molecular weight excluding hydrogens is 256 g/mol. The van der Waals surface area contributed by atoms with Crippen molar-refractivity contribution in [2.24, 2.45) is 0 Å². The molecule has 1 aliphatic rings. The maximum Gasteiger partial charge on any atom is 0.251 e. The Morgan fingerprint density at radius 3 is 3.16 bits per heavy atom. The first kappa shape index (κ1) is 14.3. The number of carbonyl (C=O) groups excluding carboxylic acids is 1. The SMILES string of the molecule is CCSCC(C)NC(=O)c1ccc2c(c1)CCCN2. The lowest BCUT2D eigenvalue weighted by Crippen LogP contribution is -2.34. The van der Waals surface area contributed by atoms with E-state index in [1.54, 1.807) is 0 Å². The van der Waals surface area contributed by atoms with Crippen LogP contribution < -0.4 is 10.6 Å². The maximum absolute atomic E-state index is 12.2. The summed E-state index contributed by atoms with van der Waals surface area (Å²) < 4.78 is 0.